The Morgan fingerprint density at radius 1 is 0.966 bits per heavy atom. The summed E-state index contributed by atoms with van der Waals surface area (Å²) in [5.41, 5.74) is 0.855. The molecule has 10 nitrogen and oxygen atoms in total. The molecular formula is C19H15N4O6+. The van der Waals surface area contributed by atoms with Crippen molar-refractivity contribution in [3.63, 3.8) is 0 Å². The molecule has 29 heavy (non-hydrogen) atoms. The molecule has 4 N–H and O–H groups in total. The van der Waals surface area contributed by atoms with Crippen LogP contribution in [0.4, 0.5) is 17.1 Å². The highest BCUT2D eigenvalue weighted by molar-refractivity contribution is 6.02. The number of rotatable bonds is 5. The van der Waals surface area contributed by atoms with Crippen LogP contribution in [0.2, 0.25) is 0 Å². The highest BCUT2D eigenvalue weighted by Crippen LogP contribution is 2.33. The van der Waals surface area contributed by atoms with Gasteiger partial charge < -0.3 is 5.11 Å². The van der Waals surface area contributed by atoms with E-state index in [9.17, 15) is 20.0 Å². The van der Waals surface area contributed by atoms with Gasteiger partial charge in [0.2, 0.25) is 0 Å². The molecule has 1 aliphatic carbocycles. The first-order valence-electron chi connectivity index (χ1n) is 8.19. The standard InChI is InChI=1S/C19H14N4O6/c24-15-6-1-12(2-7-15)19(13-3-8-16(25)9-4-13)21-20-17-10-5-14(22(26)27)11-18(17)23(28)29/h1-11,26-27H,(H-,24,25,28,29)/p+1/b21-20-. The summed E-state index contributed by atoms with van der Waals surface area (Å²) < 4.78 is 0. The van der Waals surface area contributed by atoms with Gasteiger partial charge in [-0.3, -0.25) is 15.2 Å². The summed E-state index contributed by atoms with van der Waals surface area (Å²) in [7, 11) is 0. The zero-order valence-electron chi connectivity index (χ0n) is 14.7. The number of phenolic OH excluding ortho intramolecular Hbond substituents is 1. The number of carbonyl (C=O) groups is 1. The first-order valence-corrected chi connectivity index (χ1v) is 8.19. The minimum absolute atomic E-state index is 0.0511. The molecule has 2 aromatic rings. The number of azo groups is 1. The lowest BCUT2D eigenvalue weighted by molar-refractivity contribution is -0.729. The van der Waals surface area contributed by atoms with Crippen LogP contribution in [0.25, 0.3) is 5.70 Å². The molecule has 2 aromatic carbocycles. The average molecular weight is 395 g/mol. The number of aromatic hydroxyl groups is 1. The number of anilines is 1. The summed E-state index contributed by atoms with van der Waals surface area (Å²) in [5.74, 6) is -0.133. The van der Waals surface area contributed by atoms with Gasteiger partial charge in [-0.05, 0) is 60.7 Å². The predicted octanol–water partition coefficient (Wildman–Crippen LogP) is 3.97. The monoisotopic (exact) mass is 395 g/mol. The summed E-state index contributed by atoms with van der Waals surface area (Å²) in [5, 5.41) is 44.9. The first-order chi connectivity index (χ1) is 13.8. The van der Waals surface area contributed by atoms with Gasteiger partial charge in [0.25, 0.3) is 4.92 Å². The molecule has 3 rings (SSSR count). The number of allylic oxidation sites excluding steroid dienone is 5. The summed E-state index contributed by atoms with van der Waals surface area (Å²) in [6.07, 6.45) is 5.81. The van der Waals surface area contributed by atoms with Gasteiger partial charge >= 0.3 is 5.69 Å². The van der Waals surface area contributed by atoms with Gasteiger partial charge in [0, 0.05) is 11.1 Å². The van der Waals surface area contributed by atoms with Crippen LogP contribution in [0.5, 0.6) is 5.75 Å². The molecule has 1 aliphatic rings. The average Bonchev–Trinajstić information content (AvgIpc) is 2.70. The molecule has 0 heterocycles. The van der Waals surface area contributed by atoms with E-state index < -0.39 is 4.92 Å². The highest BCUT2D eigenvalue weighted by atomic mass is 16.8. The molecule has 0 amide bonds. The Bertz CT molecular complexity index is 1070. The maximum Gasteiger partial charge on any atom is 0.346 e. The van der Waals surface area contributed by atoms with Crippen LogP contribution in [0.15, 0.2) is 82.6 Å². The quantitative estimate of drug-likeness (QED) is 0.442. The van der Waals surface area contributed by atoms with Gasteiger partial charge in [-0.1, -0.05) is 0 Å². The van der Waals surface area contributed by atoms with E-state index >= 15 is 0 Å². The Morgan fingerprint density at radius 2 is 1.62 bits per heavy atom. The van der Waals surface area contributed by atoms with E-state index in [1.807, 2.05) is 0 Å². The summed E-state index contributed by atoms with van der Waals surface area (Å²) in [6.45, 7) is 0. The van der Waals surface area contributed by atoms with Gasteiger partial charge in [-0.2, -0.15) is 0 Å². The molecule has 0 aliphatic heterocycles. The zero-order chi connectivity index (χ0) is 21.0. The van der Waals surface area contributed by atoms with E-state index in [2.05, 4.69) is 10.2 Å². The third-order valence-electron chi connectivity index (χ3n) is 3.92. The second-order valence-corrected chi connectivity index (χ2v) is 5.86. The van der Waals surface area contributed by atoms with Crippen LogP contribution in [0, 0.1) is 4.91 Å². The fraction of sp³-hybridized carbons (Fsp3) is 0. The summed E-state index contributed by atoms with van der Waals surface area (Å²) >= 11 is 0. The molecule has 0 saturated heterocycles. The lowest BCUT2D eigenvalue weighted by atomic mass is 10.0. The van der Waals surface area contributed by atoms with E-state index in [-0.39, 0.29) is 33.8 Å². The van der Waals surface area contributed by atoms with Crippen molar-refractivity contribution in [2.24, 2.45) is 10.2 Å². The zero-order valence-corrected chi connectivity index (χ0v) is 14.7. The molecular weight excluding hydrogens is 380 g/mol. The van der Waals surface area contributed by atoms with Gasteiger partial charge in [-0.25, -0.2) is 5.21 Å². The van der Waals surface area contributed by atoms with E-state index in [4.69, 9.17) is 10.4 Å². The van der Waals surface area contributed by atoms with Crippen LogP contribution in [-0.2, 0) is 4.79 Å². The SMILES string of the molecule is O=C1C=CC(=C(/N=N\c2ccc(N(O)O)cc2[N+](=O)O)c2ccc(O)cc2)C=C1. The van der Waals surface area contributed by atoms with Crippen molar-refractivity contribution in [3.05, 3.63) is 82.8 Å². The number of phenols is 1. The van der Waals surface area contributed by atoms with Crippen molar-refractivity contribution >= 4 is 28.5 Å². The van der Waals surface area contributed by atoms with Crippen LogP contribution < -0.4 is 5.23 Å². The van der Waals surface area contributed by atoms with Crippen molar-refractivity contribution in [2.75, 3.05) is 5.23 Å². The fourth-order valence-electron chi connectivity index (χ4n) is 2.49. The largest absolute Gasteiger partial charge is 0.508 e. The molecule has 0 aromatic heterocycles. The van der Waals surface area contributed by atoms with Crippen molar-refractivity contribution in [1.29, 1.82) is 0 Å². The van der Waals surface area contributed by atoms with Crippen molar-refractivity contribution in [1.82, 2.24) is 0 Å². The summed E-state index contributed by atoms with van der Waals surface area (Å²) in [6, 6.07) is 9.60. The smallest absolute Gasteiger partial charge is 0.346 e. The lowest BCUT2D eigenvalue weighted by Gasteiger charge is -2.08. The predicted molar refractivity (Wildman–Crippen MR) is 100 cm³/mol. The molecule has 0 radical (unpaired) electrons. The van der Waals surface area contributed by atoms with Gasteiger partial charge in [0.05, 0.1) is 11.0 Å². The van der Waals surface area contributed by atoms with Crippen molar-refractivity contribution in [2.45, 2.75) is 0 Å². The first kappa shape index (κ1) is 19.6. The van der Waals surface area contributed by atoms with Crippen LogP contribution >= 0.6 is 0 Å². The lowest BCUT2D eigenvalue weighted by Crippen LogP contribution is -2.11. The van der Waals surface area contributed by atoms with Gasteiger partial charge in [0.1, 0.15) is 17.1 Å². The van der Waals surface area contributed by atoms with Gasteiger partial charge in [-0.15, -0.1) is 15.5 Å². The van der Waals surface area contributed by atoms with Crippen LogP contribution in [0.1, 0.15) is 5.56 Å². The van der Waals surface area contributed by atoms with Crippen molar-refractivity contribution < 1.29 is 30.4 Å². The normalized spacial score (nSPS) is 13.2. The van der Waals surface area contributed by atoms with E-state index in [0.717, 1.165) is 6.07 Å². The van der Waals surface area contributed by atoms with E-state index in [1.54, 1.807) is 24.3 Å². The summed E-state index contributed by atoms with van der Waals surface area (Å²) in [4.78, 5) is 22.3. The minimum Gasteiger partial charge on any atom is -0.508 e. The second kappa shape index (κ2) is 8.25. The second-order valence-electron chi connectivity index (χ2n) is 5.86. The Labute approximate surface area is 163 Å². The molecule has 10 heteroatoms. The topological polar surface area (TPSA) is 146 Å². The fourth-order valence-corrected chi connectivity index (χ4v) is 2.49. The Hall–Kier alpha value is -4.15. The van der Waals surface area contributed by atoms with E-state index in [1.165, 1.54) is 36.4 Å². The third kappa shape index (κ3) is 4.58. The number of carbonyl (C=O) groups excluding carboxylic acids is 1. The molecule has 0 atom stereocenters. The minimum atomic E-state index is -0.478. The van der Waals surface area contributed by atoms with Crippen LogP contribution in [-0.4, -0.2) is 31.4 Å². The van der Waals surface area contributed by atoms with Crippen molar-refractivity contribution in [3.8, 4) is 5.75 Å². The molecule has 0 bridgehead atoms. The number of hydrogen-bond donors (Lipinski definition) is 4. The molecule has 0 saturated carbocycles. The third-order valence-corrected chi connectivity index (χ3v) is 3.92. The Kier molecular flexibility index (Phi) is 5.58. The Balaban J connectivity index is 2.08. The maximum atomic E-state index is 11.4. The number of ketones is 1. The number of benzene rings is 2. The molecule has 0 fully saturated rings. The van der Waals surface area contributed by atoms with Gasteiger partial charge in [0.15, 0.2) is 11.5 Å². The molecule has 146 valence electrons. The molecule has 0 unspecified atom stereocenters. The van der Waals surface area contributed by atoms with E-state index in [0.29, 0.717) is 16.8 Å². The highest BCUT2D eigenvalue weighted by Gasteiger charge is 2.21. The molecule has 0 spiro atoms. The van der Waals surface area contributed by atoms with Crippen LogP contribution in [0.3, 0.4) is 0 Å². The number of hydrogen-bond acceptors (Lipinski definition) is 8. The number of nitrogens with zero attached hydrogens (tertiary/aromatic N) is 4. The maximum absolute atomic E-state index is 11.4. The Morgan fingerprint density at radius 3 is 2.21 bits per heavy atom.